The summed E-state index contributed by atoms with van der Waals surface area (Å²) in [7, 11) is 1.60. The van der Waals surface area contributed by atoms with Crippen molar-refractivity contribution in [1.82, 2.24) is 24.7 Å². The number of methoxy groups -OCH3 is 1. The molecule has 0 fully saturated rings. The van der Waals surface area contributed by atoms with E-state index in [1.54, 1.807) is 30.1 Å². The van der Waals surface area contributed by atoms with E-state index in [-0.39, 0.29) is 5.56 Å². The largest absolute Gasteiger partial charge is 0.497 e. The van der Waals surface area contributed by atoms with Crippen LogP contribution in [0, 0.1) is 0 Å². The van der Waals surface area contributed by atoms with Gasteiger partial charge in [-0.3, -0.25) is 14.3 Å². The third-order valence-corrected chi connectivity index (χ3v) is 6.25. The van der Waals surface area contributed by atoms with Gasteiger partial charge in [0.25, 0.3) is 5.56 Å². The van der Waals surface area contributed by atoms with Gasteiger partial charge in [-0.15, -0.1) is 0 Å². The van der Waals surface area contributed by atoms with Gasteiger partial charge in [-0.1, -0.05) is 35.1 Å². The van der Waals surface area contributed by atoms with E-state index in [4.69, 9.17) is 14.2 Å². The second-order valence-corrected chi connectivity index (χ2v) is 8.52. The number of aryl methyl sites for hydroxylation is 1. The molecule has 3 aromatic heterocycles. The molecule has 5 aromatic rings. The summed E-state index contributed by atoms with van der Waals surface area (Å²) in [5.74, 6) is 2.52. The smallest absolute Gasteiger partial charge is 0.266 e. The molecular formula is C25H21N5O3S. The van der Waals surface area contributed by atoms with Crippen molar-refractivity contribution in [2.24, 2.45) is 0 Å². The number of aromatic nitrogens is 5. The lowest BCUT2D eigenvalue weighted by molar-refractivity contribution is 0.378. The Balaban J connectivity index is 1.36. The molecule has 0 bridgehead atoms. The molecule has 0 N–H and O–H groups in total. The molecule has 9 heteroatoms. The maximum atomic E-state index is 13.4. The van der Waals surface area contributed by atoms with E-state index in [1.165, 1.54) is 11.8 Å². The number of thioether (sulfide) groups is 1. The summed E-state index contributed by atoms with van der Waals surface area (Å²) in [5, 5.41) is 5.25. The second-order valence-electron chi connectivity index (χ2n) is 7.45. The van der Waals surface area contributed by atoms with Gasteiger partial charge in [0.15, 0.2) is 5.16 Å². The van der Waals surface area contributed by atoms with Crippen LogP contribution in [0.3, 0.4) is 0 Å². The van der Waals surface area contributed by atoms with Crippen molar-refractivity contribution >= 4 is 22.7 Å². The van der Waals surface area contributed by atoms with Crippen LogP contribution < -0.4 is 10.3 Å². The lowest BCUT2D eigenvalue weighted by atomic mass is 10.2. The predicted octanol–water partition coefficient (Wildman–Crippen LogP) is 4.56. The number of hydrogen-bond acceptors (Lipinski definition) is 8. The van der Waals surface area contributed by atoms with Gasteiger partial charge in [0, 0.05) is 36.2 Å². The molecule has 8 nitrogen and oxygen atoms in total. The van der Waals surface area contributed by atoms with Crippen molar-refractivity contribution in [3.63, 3.8) is 0 Å². The molecule has 170 valence electrons. The van der Waals surface area contributed by atoms with Crippen LogP contribution in [0.1, 0.15) is 12.3 Å². The van der Waals surface area contributed by atoms with Crippen LogP contribution in [0.2, 0.25) is 0 Å². The van der Waals surface area contributed by atoms with E-state index in [0.717, 1.165) is 17.7 Å². The summed E-state index contributed by atoms with van der Waals surface area (Å²) in [5.41, 5.74) is 2.14. The zero-order chi connectivity index (χ0) is 23.3. The normalized spacial score (nSPS) is 11.1. The monoisotopic (exact) mass is 471 g/mol. The Hall–Kier alpha value is -3.98. The summed E-state index contributed by atoms with van der Waals surface area (Å²) >= 11 is 1.52. The number of para-hydroxylation sites is 1. The standard InChI is InChI=1S/C25H21N5O3S/c1-32-19-7-4-6-18(16-19)30-24(31)20-8-2-3-9-21(20)27-25(30)34-15-5-10-22-28-23(29-33-22)17-11-13-26-14-12-17/h2-4,6-9,11-14,16H,5,10,15H2,1H3. The van der Waals surface area contributed by atoms with Gasteiger partial charge < -0.3 is 9.26 Å². The average Bonchev–Trinajstić information content (AvgIpc) is 3.36. The van der Waals surface area contributed by atoms with E-state index in [0.29, 0.717) is 45.6 Å². The SMILES string of the molecule is COc1cccc(-n2c(SCCCc3nc(-c4ccncc4)no3)nc3ccccc3c2=O)c1. The summed E-state index contributed by atoms with van der Waals surface area (Å²) in [6, 6.07) is 18.5. The van der Waals surface area contributed by atoms with E-state index >= 15 is 0 Å². The van der Waals surface area contributed by atoms with Gasteiger partial charge in [-0.25, -0.2) is 4.98 Å². The highest BCUT2D eigenvalue weighted by Crippen LogP contribution is 2.24. The molecule has 0 radical (unpaired) electrons. The molecule has 0 atom stereocenters. The second kappa shape index (κ2) is 9.88. The molecule has 5 rings (SSSR count). The van der Waals surface area contributed by atoms with Crippen molar-refractivity contribution in [3.05, 3.63) is 89.3 Å². The zero-order valence-corrected chi connectivity index (χ0v) is 19.2. The van der Waals surface area contributed by atoms with Gasteiger partial charge in [0.05, 0.1) is 23.7 Å². The summed E-state index contributed by atoms with van der Waals surface area (Å²) in [4.78, 5) is 26.6. The lowest BCUT2D eigenvalue weighted by Crippen LogP contribution is -2.21. The quantitative estimate of drug-likeness (QED) is 0.185. The zero-order valence-electron chi connectivity index (χ0n) is 18.4. The number of rotatable bonds is 8. The Labute approximate surface area is 199 Å². The predicted molar refractivity (Wildman–Crippen MR) is 130 cm³/mol. The summed E-state index contributed by atoms with van der Waals surface area (Å²) < 4.78 is 12.4. The maximum absolute atomic E-state index is 13.4. The van der Waals surface area contributed by atoms with E-state index in [2.05, 4.69) is 15.1 Å². The topological polar surface area (TPSA) is 95.9 Å². The number of pyridine rings is 1. The van der Waals surface area contributed by atoms with Crippen molar-refractivity contribution < 1.29 is 9.26 Å². The molecular weight excluding hydrogens is 450 g/mol. The van der Waals surface area contributed by atoms with E-state index in [1.807, 2.05) is 54.6 Å². The van der Waals surface area contributed by atoms with Crippen LogP contribution in [0.5, 0.6) is 5.75 Å². The number of hydrogen-bond donors (Lipinski definition) is 0. The maximum Gasteiger partial charge on any atom is 0.266 e. The third kappa shape index (κ3) is 4.55. The molecule has 34 heavy (non-hydrogen) atoms. The molecule has 0 aliphatic carbocycles. The minimum Gasteiger partial charge on any atom is -0.497 e. The molecule has 0 saturated carbocycles. The van der Waals surface area contributed by atoms with Crippen molar-refractivity contribution in [2.75, 3.05) is 12.9 Å². The van der Waals surface area contributed by atoms with Gasteiger partial charge in [0.1, 0.15) is 5.75 Å². The van der Waals surface area contributed by atoms with Gasteiger partial charge >= 0.3 is 0 Å². The molecule has 0 aliphatic heterocycles. The molecule has 2 aromatic carbocycles. The van der Waals surface area contributed by atoms with E-state index < -0.39 is 0 Å². The Morgan fingerprint density at radius 3 is 2.74 bits per heavy atom. The molecule has 0 saturated heterocycles. The van der Waals surface area contributed by atoms with Gasteiger partial charge in [-0.2, -0.15) is 4.98 Å². The van der Waals surface area contributed by atoms with Crippen LogP contribution in [0.25, 0.3) is 28.0 Å². The van der Waals surface area contributed by atoms with Crippen LogP contribution in [-0.4, -0.2) is 37.5 Å². The average molecular weight is 472 g/mol. The number of fused-ring (bicyclic) bond motifs is 1. The lowest BCUT2D eigenvalue weighted by Gasteiger charge is -2.14. The minimum absolute atomic E-state index is 0.111. The minimum atomic E-state index is -0.111. The van der Waals surface area contributed by atoms with Crippen molar-refractivity contribution in [2.45, 2.75) is 18.0 Å². The van der Waals surface area contributed by atoms with E-state index in [9.17, 15) is 4.79 Å². The Morgan fingerprint density at radius 1 is 1.03 bits per heavy atom. The van der Waals surface area contributed by atoms with Crippen molar-refractivity contribution in [1.29, 1.82) is 0 Å². The third-order valence-electron chi connectivity index (χ3n) is 5.23. The fourth-order valence-corrected chi connectivity index (χ4v) is 4.50. The number of ether oxygens (including phenoxy) is 1. The fourth-order valence-electron chi connectivity index (χ4n) is 3.55. The van der Waals surface area contributed by atoms with Crippen LogP contribution >= 0.6 is 11.8 Å². The highest BCUT2D eigenvalue weighted by Gasteiger charge is 2.14. The van der Waals surface area contributed by atoms with Gasteiger partial charge in [-0.05, 0) is 42.8 Å². The van der Waals surface area contributed by atoms with Crippen LogP contribution in [0.15, 0.2) is 87.5 Å². The molecule has 0 aliphatic rings. The highest BCUT2D eigenvalue weighted by atomic mass is 32.2. The number of benzene rings is 2. The first kappa shape index (κ1) is 21.8. The first-order chi connectivity index (χ1) is 16.7. The Bertz CT molecular complexity index is 1480. The number of nitrogens with zero attached hydrogens (tertiary/aromatic N) is 5. The first-order valence-electron chi connectivity index (χ1n) is 10.7. The molecule has 3 heterocycles. The summed E-state index contributed by atoms with van der Waals surface area (Å²) in [6.45, 7) is 0. The van der Waals surface area contributed by atoms with Crippen LogP contribution in [0.4, 0.5) is 0 Å². The van der Waals surface area contributed by atoms with Crippen molar-refractivity contribution in [3.8, 4) is 22.8 Å². The molecule has 0 amide bonds. The fraction of sp³-hybridized carbons (Fsp3) is 0.160. The molecule has 0 spiro atoms. The molecule has 0 unspecified atom stereocenters. The Kier molecular flexibility index (Phi) is 6.35. The van der Waals surface area contributed by atoms with Crippen LogP contribution in [-0.2, 0) is 6.42 Å². The van der Waals surface area contributed by atoms with Gasteiger partial charge in [0.2, 0.25) is 11.7 Å². The Morgan fingerprint density at radius 2 is 1.88 bits per heavy atom. The highest BCUT2D eigenvalue weighted by molar-refractivity contribution is 7.99. The summed E-state index contributed by atoms with van der Waals surface area (Å²) in [6.07, 6.45) is 4.80. The first-order valence-corrected chi connectivity index (χ1v) is 11.7.